The lowest BCUT2D eigenvalue weighted by molar-refractivity contribution is -0.131. The Balaban J connectivity index is 1.36. The molecule has 4 rings (SSSR count). The second kappa shape index (κ2) is 8.93. The van der Waals surface area contributed by atoms with E-state index in [-0.39, 0.29) is 17.8 Å². The molecule has 1 amide bonds. The minimum absolute atomic E-state index is 0.0336. The molecule has 0 unspecified atom stereocenters. The van der Waals surface area contributed by atoms with Crippen molar-refractivity contribution >= 4 is 16.9 Å². The van der Waals surface area contributed by atoms with Crippen LogP contribution in [0.1, 0.15) is 18.3 Å². The molecule has 0 saturated heterocycles. The SMILES string of the molecule is COc1ccc2c(c1)O[C@H](C)CN(CC(=O)N(C)CCc1nc3ccc(F)cc3[nH]1)C2. The maximum absolute atomic E-state index is 13.4. The molecule has 2 aromatic carbocycles. The topological polar surface area (TPSA) is 70.7 Å². The van der Waals surface area contributed by atoms with Crippen LogP contribution in [-0.2, 0) is 17.8 Å². The maximum atomic E-state index is 13.4. The molecule has 0 bridgehead atoms. The molecule has 1 aliphatic rings. The first-order valence-electron chi connectivity index (χ1n) is 10.4. The van der Waals surface area contributed by atoms with E-state index in [4.69, 9.17) is 9.47 Å². The van der Waals surface area contributed by atoms with Gasteiger partial charge in [0.25, 0.3) is 0 Å². The molecule has 3 aromatic rings. The molecule has 0 aliphatic carbocycles. The van der Waals surface area contributed by atoms with Crippen LogP contribution in [0.3, 0.4) is 0 Å². The van der Waals surface area contributed by atoms with Crippen LogP contribution < -0.4 is 9.47 Å². The van der Waals surface area contributed by atoms with E-state index in [0.29, 0.717) is 38.1 Å². The van der Waals surface area contributed by atoms with Gasteiger partial charge in [-0.2, -0.15) is 0 Å². The van der Waals surface area contributed by atoms with Gasteiger partial charge in [-0.25, -0.2) is 9.37 Å². The fourth-order valence-corrected chi connectivity index (χ4v) is 3.81. The van der Waals surface area contributed by atoms with Gasteiger partial charge in [0, 0.05) is 44.7 Å². The van der Waals surface area contributed by atoms with Gasteiger partial charge < -0.3 is 19.4 Å². The van der Waals surface area contributed by atoms with Crippen LogP contribution in [0.5, 0.6) is 11.5 Å². The molecular formula is C23H27FN4O3. The first kappa shape index (κ1) is 21.1. The van der Waals surface area contributed by atoms with Gasteiger partial charge in [0.2, 0.25) is 5.91 Å². The minimum Gasteiger partial charge on any atom is -0.497 e. The number of carbonyl (C=O) groups is 1. The number of benzene rings is 2. The Labute approximate surface area is 180 Å². The predicted octanol–water partition coefficient (Wildman–Crippen LogP) is 2.99. The number of amides is 1. The van der Waals surface area contributed by atoms with Gasteiger partial charge in [-0.05, 0) is 31.2 Å². The molecule has 8 heteroatoms. The summed E-state index contributed by atoms with van der Waals surface area (Å²) in [6, 6.07) is 10.2. The maximum Gasteiger partial charge on any atom is 0.236 e. The summed E-state index contributed by atoms with van der Waals surface area (Å²) >= 11 is 0. The van der Waals surface area contributed by atoms with Gasteiger partial charge in [-0.1, -0.05) is 6.07 Å². The number of fused-ring (bicyclic) bond motifs is 2. The van der Waals surface area contributed by atoms with Crippen molar-refractivity contribution < 1.29 is 18.7 Å². The summed E-state index contributed by atoms with van der Waals surface area (Å²) in [5.74, 6) is 2.02. The van der Waals surface area contributed by atoms with Crippen LogP contribution in [0.15, 0.2) is 36.4 Å². The Morgan fingerprint density at radius 1 is 1.35 bits per heavy atom. The van der Waals surface area contributed by atoms with Gasteiger partial charge in [-0.3, -0.25) is 9.69 Å². The average Bonchev–Trinajstić information content (AvgIpc) is 3.07. The quantitative estimate of drug-likeness (QED) is 0.656. The first-order chi connectivity index (χ1) is 14.9. The van der Waals surface area contributed by atoms with Crippen molar-refractivity contribution in [2.45, 2.75) is 26.0 Å². The molecule has 1 N–H and O–H groups in total. The number of H-pyrrole nitrogens is 1. The molecule has 1 aromatic heterocycles. The Morgan fingerprint density at radius 3 is 3.00 bits per heavy atom. The Hall–Kier alpha value is -3.13. The standard InChI is InChI=1S/C23H27FN4O3/c1-15-12-28(13-16-4-6-18(30-3)11-21(16)31-15)14-23(29)27(2)9-8-22-25-19-7-5-17(24)10-20(19)26-22/h4-7,10-11,15H,8-9,12-14H2,1-3H3,(H,25,26)/t15-/m1/s1. The van der Waals surface area contributed by atoms with Crippen LogP contribution in [0.2, 0.25) is 0 Å². The summed E-state index contributed by atoms with van der Waals surface area (Å²) in [6.45, 7) is 4.13. The largest absolute Gasteiger partial charge is 0.497 e. The van der Waals surface area contributed by atoms with Gasteiger partial charge in [-0.15, -0.1) is 0 Å². The highest BCUT2D eigenvalue weighted by Crippen LogP contribution is 2.29. The fourth-order valence-electron chi connectivity index (χ4n) is 3.81. The van der Waals surface area contributed by atoms with Crippen molar-refractivity contribution in [1.82, 2.24) is 19.8 Å². The van der Waals surface area contributed by atoms with Crippen LogP contribution in [0.25, 0.3) is 11.0 Å². The third kappa shape index (κ3) is 4.96. The number of halogens is 1. The highest BCUT2D eigenvalue weighted by atomic mass is 19.1. The minimum atomic E-state index is -0.300. The number of aromatic nitrogens is 2. The molecule has 31 heavy (non-hydrogen) atoms. The Morgan fingerprint density at radius 2 is 2.19 bits per heavy atom. The van der Waals surface area contributed by atoms with E-state index >= 15 is 0 Å². The smallest absolute Gasteiger partial charge is 0.236 e. The van der Waals surface area contributed by atoms with E-state index in [1.165, 1.54) is 12.1 Å². The monoisotopic (exact) mass is 426 g/mol. The lowest BCUT2D eigenvalue weighted by atomic mass is 10.2. The number of hydrogen-bond donors (Lipinski definition) is 1. The fraction of sp³-hybridized carbons (Fsp3) is 0.391. The molecule has 0 radical (unpaired) electrons. The number of nitrogens with zero attached hydrogens (tertiary/aromatic N) is 3. The molecule has 0 fully saturated rings. The number of likely N-dealkylation sites (N-methyl/N-ethyl adjacent to an activating group) is 1. The second-order valence-corrected chi connectivity index (χ2v) is 7.98. The molecule has 7 nitrogen and oxygen atoms in total. The van der Waals surface area contributed by atoms with E-state index in [1.807, 2.05) is 25.1 Å². The van der Waals surface area contributed by atoms with Crippen molar-refractivity contribution in [2.24, 2.45) is 0 Å². The predicted molar refractivity (Wildman–Crippen MR) is 116 cm³/mol. The molecule has 1 atom stereocenters. The summed E-state index contributed by atoms with van der Waals surface area (Å²) in [4.78, 5) is 24.2. The van der Waals surface area contributed by atoms with Gasteiger partial charge in [0.15, 0.2) is 0 Å². The molecule has 0 spiro atoms. The van der Waals surface area contributed by atoms with E-state index in [1.54, 1.807) is 25.1 Å². The zero-order chi connectivity index (χ0) is 22.0. The summed E-state index contributed by atoms with van der Waals surface area (Å²) in [6.07, 6.45) is 0.531. The third-order valence-corrected chi connectivity index (χ3v) is 5.47. The molecule has 0 saturated carbocycles. The van der Waals surface area contributed by atoms with Crippen LogP contribution in [0.4, 0.5) is 4.39 Å². The summed E-state index contributed by atoms with van der Waals surface area (Å²) in [7, 11) is 3.42. The van der Waals surface area contributed by atoms with Gasteiger partial charge >= 0.3 is 0 Å². The van der Waals surface area contributed by atoms with Crippen molar-refractivity contribution in [3.8, 4) is 11.5 Å². The molecule has 1 aliphatic heterocycles. The molecule has 164 valence electrons. The summed E-state index contributed by atoms with van der Waals surface area (Å²) in [5.41, 5.74) is 2.42. The van der Waals surface area contributed by atoms with E-state index in [9.17, 15) is 9.18 Å². The number of ether oxygens (including phenoxy) is 2. The van der Waals surface area contributed by atoms with E-state index in [0.717, 1.165) is 28.4 Å². The van der Waals surface area contributed by atoms with E-state index in [2.05, 4.69) is 14.9 Å². The van der Waals surface area contributed by atoms with Crippen LogP contribution in [0, 0.1) is 5.82 Å². The Bertz CT molecular complexity index is 1080. The number of nitrogens with one attached hydrogen (secondary N) is 1. The number of aromatic amines is 1. The average molecular weight is 426 g/mol. The van der Waals surface area contributed by atoms with Crippen molar-refractivity contribution in [3.05, 3.63) is 53.6 Å². The first-order valence-corrected chi connectivity index (χ1v) is 10.4. The highest BCUT2D eigenvalue weighted by molar-refractivity contribution is 5.78. The number of rotatable bonds is 6. The molecule has 2 heterocycles. The molecular weight excluding hydrogens is 399 g/mol. The third-order valence-electron chi connectivity index (χ3n) is 5.47. The number of hydrogen-bond acceptors (Lipinski definition) is 5. The summed E-state index contributed by atoms with van der Waals surface area (Å²) < 4.78 is 24.7. The normalized spacial score (nSPS) is 16.5. The van der Waals surface area contributed by atoms with Crippen molar-refractivity contribution in [2.75, 3.05) is 33.8 Å². The second-order valence-electron chi connectivity index (χ2n) is 7.98. The lowest BCUT2D eigenvalue weighted by Gasteiger charge is -2.24. The van der Waals surface area contributed by atoms with Crippen LogP contribution in [-0.4, -0.2) is 65.6 Å². The lowest BCUT2D eigenvalue weighted by Crippen LogP contribution is -2.41. The number of methoxy groups -OCH3 is 1. The zero-order valence-electron chi connectivity index (χ0n) is 18.0. The Kier molecular flexibility index (Phi) is 6.08. The summed E-state index contributed by atoms with van der Waals surface area (Å²) in [5, 5.41) is 0. The van der Waals surface area contributed by atoms with Crippen LogP contribution >= 0.6 is 0 Å². The van der Waals surface area contributed by atoms with Gasteiger partial charge in [0.1, 0.15) is 29.2 Å². The van der Waals surface area contributed by atoms with Crippen molar-refractivity contribution in [1.29, 1.82) is 0 Å². The van der Waals surface area contributed by atoms with Crippen molar-refractivity contribution in [3.63, 3.8) is 0 Å². The van der Waals surface area contributed by atoms with Gasteiger partial charge in [0.05, 0.1) is 24.7 Å². The number of imidazole rings is 1. The van der Waals surface area contributed by atoms with E-state index < -0.39 is 0 Å². The number of carbonyl (C=O) groups excluding carboxylic acids is 1. The highest BCUT2D eigenvalue weighted by Gasteiger charge is 2.23. The zero-order valence-corrected chi connectivity index (χ0v) is 18.0.